The van der Waals surface area contributed by atoms with Crippen molar-refractivity contribution in [3.05, 3.63) is 65.1 Å². The topological polar surface area (TPSA) is 108 Å². The average Bonchev–Trinajstić information content (AvgIpc) is 2.81. The number of ether oxygens (including phenoxy) is 2. The molecular weight excluding hydrogens is 449 g/mol. The van der Waals surface area contributed by atoms with Crippen LogP contribution in [0.2, 0.25) is 5.02 Å². The number of halogens is 2. The molecule has 8 nitrogen and oxygen atoms in total. The molecule has 0 atom stereocenters. The van der Waals surface area contributed by atoms with Crippen LogP contribution in [0, 0.1) is 17.1 Å². The van der Waals surface area contributed by atoms with E-state index in [1.54, 1.807) is 25.3 Å². The maximum Gasteiger partial charge on any atom is 0.248 e. The molecule has 0 aliphatic rings. The van der Waals surface area contributed by atoms with E-state index in [1.807, 2.05) is 0 Å². The van der Waals surface area contributed by atoms with Crippen LogP contribution in [0.1, 0.15) is 5.56 Å². The number of fused-ring (bicyclic) bond motifs is 1. The first-order chi connectivity index (χ1) is 16.0. The minimum Gasteiger partial charge on any atom is -0.494 e. The van der Waals surface area contributed by atoms with Gasteiger partial charge >= 0.3 is 0 Å². The van der Waals surface area contributed by atoms with Crippen molar-refractivity contribution < 1.29 is 18.7 Å². The van der Waals surface area contributed by atoms with Crippen molar-refractivity contribution in [3.63, 3.8) is 0 Å². The smallest absolute Gasteiger partial charge is 0.248 e. The van der Waals surface area contributed by atoms with Crippen molar-refractivity contribution in [2.24, 2.45) is 0 Å². The SMILES string of the molecule is COCNCC=CC(=O)Nc1cc2c(Nc3ccc(F)c(Cl)c3)c(C#N)cnc2cc1OC. The number of carbonyl (C=O) groups is 1. The number of methoxy groups -OCH3 is 2. The number of hydrogen-bond donors (Lipinski definition) is 3. The minimum absolute atomic E-state index is 0.0572. The highest BCUT2D eigenvalue weighted by atomic mass is 35.5. The van der Waals surface area contributed by atoms with Gasteiger partial charge in [0.25, 0.3) is 0 Å². The number of nitrogens with one attached hydrogen (secondary N) is 3. The number of carbonyl (C=O) groups excluding carboxylic acids is 1. The third-order valence-corrected chi connectivity index (χ3v) is 4.82. The molecule has 2 aromatic carbocycles. The fraction of sp³-hybridized carbons (Fsp3) is 0.174. The molecule has 3 N–H and O–H groups in total. The van der Waals surface area contributed by atoms with Gasteiger partial charge in [0.2, 0.25) is 5.91 Å². The Morgan fingerprint density at radius 2 is 2.12 bits per heavy atom. The molecule has 1 amide bonds. The Morgan fingerprint density at radius 1 is 1.30 bits per heavy atom. The van der Waals surface area contributed by atoms with Crippen molar-refractivity contribution in [3.8, 4) is 11.8 Å². The number of benzene rings is 2. The quantitative estimate of drug-likeness (QED) is 0.243. The van der Waals surface area contributed by atoms with E-state index in [2.05, 4.69) is 27.0 Å². The molecule has 0 saturated carbocycles. The van der Waals surface area contributed by atoms with Crippen LogP contribution in [0.5, 0.6) is 5.75 Å². The number of rotatable bonds is 9. The molecule has 3 rings (SSSR count). The van der Waals surface area contributed by atoms with E-state index >= 15 is 0 Å². The van der Waals surface area contributed by atoms with E-state index in [1.165, 1.54) is 37.6 Å². The Hall–Kier alpha value is -3.71. The molecule has 0 unspecified atom stereocenters. The van der Waals surface area contributed by atoms with Crippen molar-refractivity contribution in [1.82, 2.24) is 10.3 Å². The Morgan fingerprint density at radius 3 is 2.82 bits per heavy atom. The summed E-state index contributed by atoms with van der Waals surface area (Å²) in [5.41, 5.74) is 2.09. The lowest BCUT2D eigenvalue weighted by Crippen LogP contribution is -2.17. The van der Waals surface area contributed by atoms with Crippen LogP contribution < -0.4 is 20.7 Å². The molecule has 0 radical (unpaired) electrons. The fourth-order valence-corrected chi connectivity index (χ4v) is 3.19. The predicted octanol–water partition coefficient (Wildman–Crippen LogP) is 4.34. The highest BCUT2D eigenvalue weighted by molar-refractivity contribution is 6.31. The zero-order chi connectivity index (χ0) is 23.8. The molecule has 0 fully saturated rings. The Kier molecular flexibility index (Phi) is 8.16. The lowest BCUT2D eigenvalue weighted by Gasteiger charge is -2.15. The van der Waals surface area contributed by atoms with Crippen LogP contribution in [0.25, 0.3) is 10.9 Å². The normalized spacial score (nSPS) is 10.9. The Bertz CT molecular complexity index is 1240. The van der Waals surface area contributed by atoms with E-state index in [0.717, 1.165) is 0 Å². The van der Waals surface area contributed by atoms with E-state index in [4.69, 9.17) is 21.1 Å². The monoisotopic (exact) mass is 469 g/mol. The predicted molar refractivity (Wildman–Crippen MR) is 125 cm³/mol. The number of amides is 1. The van der Waals surface area contributed by atoms with Gasteiger partial charge in [-0.3, -0.25) is 15.1 Å². The van der Waals surface area contributed by atoms with Crippen molar-refractivity contribution in [2.45, 2.75) is 0 Å². The zero-order valence-corrected chi connectivity index (χ0v) is 18.7. The third kappa shape index (κ3) is 5.96. The van der Waals surface area contributed by atoms with E-state index in [0.29, 0.717) is 47.0 Å². The molecule has 33 heavy (non-hydrogen) atoms. The van der Waals surface area contributed by atoms with E-state index < -0.39 is 5.82 Å². The van der Waals surface area contributed by atoms with Gasteiger partial charge in [-0.15, -0.1) is 0 Å². The summed E-state index contributed by atoms with van der Waals surface area (Å²) in [6.45, 7) is 0.827. The summed E-state index contributed by atoms with van der Waals surface area (Å²) in [6, 6.07) is 9.54. The van der Waals surface area contributed by atoms with Crippen LogP contribution in [-0.2, 0) is 9.53 Å². The van der Waals surface area contributed by atoms with Crippen molar-refractivity contribution in [2.75, 3.05) is 38.1 Å². The molecule has 3 aromatic rings. The second-order valence-electron chi connectivity index (χ2n) is 6.76. The highest BCUT2D eigenvalue weighted by Crippen LogP contribution is 2.36. The zero-order valence-electron chi connectivity index (χ0n) is 17.9. The second kappa shape index (κ2) is 11.2. The highest BCUT2D eigenvalue weighted by Gasteiger charge is 2.15. The van der Waals surface area contributed by atoms with Crippen LogP contribution in [-0.4, -0.2) is 38.4 Å². The van der Waals surface area contributed by atoms with Gasteiger partial charge in [0, 0.05) is 43.1 Å². The summed E-state index contributed by atoms with van der Waals surface area (Å²) in [5.74, 6) is -0.520. The van der Waals surface area contributed by atoms with Crippen molar-refractivity contribution in [1.29, 1.82) is 5.26 Å². The first kappa shape index (κ1) is 23.9. The van der Waals surface area contributed by atoms with Gasteiger partial charge in [0.05, 0.1) is 41.3 Å². The van der Waals surface area contributed by atoms with Gasteiger partial charge in [-0.2, -0.15) is 5.26 Å². The number of anilines is 3. The number of nitrogens with zero attached hydrogens (tertiary/aromatic N) is 2. The largest absolute Gasteiger partial charge is 0.494 e. The summed E-state index contributed by atoms with van der Waals surface area (Å²) in [7, 11) is 3.04. The van der Waals surface area contributed by atoms with Gasteiger partial charge in [-0.1, -0.05) is 17.7 Å². The summed E-state index contributed by atoms with van der Waals surface area (Å²) < 4.78 is 23.8. The summed E-state index contributed by atoms with van der Waals surface area (Å²) in [6.07, 6.45) is 4.46. The molecule has 0 aliphatic heterocycles. The lowest BCUT2D eigenvalue weighted by molar-refractivity contribution is -0.111. The Labute approximate surface area is 195 Å². The first-order valence-electron chi connectivity index (χ1n) is 9.77. The summed E-state index contributed by atoms with van der Waals surface area (Å²) in [4.78, 5) is 16.7. The van der Waals surface area contributed by atoms with Crippen LogP contribution >= 0.6 is 11.6 Å². The van der Waals surface area contributed by atoms with Gasteiger partial charge in [0.15, 0.2) is 0 Å². The summed E-state index contributed by atoms with van der Waals surface area (Å²) >= 11 is 5.89. The second-order valence-corrected chi connectivity index (χ2v) is 7.17. The molecule has 1 aromatic heterocycles. The van der Waals surface area contributed by atoms with E-state index in [9.17, 15) is 14.4 Å². The number of hydrogen-bond acceptors (Lipinski definition) is 7. The first-order valence-corrected chi connectivity index (χ1v) is 10.1. The molecular formula is C23H21ClFN5O3. The molecule has 0 bridgehead atoms. The van der Waals surface area contributed by atoms with E-state index in [-0.39, 0.29) is 16.5 Å². The molecule has 0 spiro atoms. The Balaban J connectivity index is 1.98. The summed E-state index contributed by atoms with van der Waals surface area (Å²) in [5, 5.41) is 18.9. The van der Waals surface area contributed by atoms with Gasteiger partial charge in [0.1, 0.15) is 17.6 Å². The molecule has 1 heterocycles. The van der Waals surface area contributed by atoms with Crippen LogP contribution in [0.3, 0.4) is 0 Å². The molecule has 170 valence electrons. The van der Waals surface area contributed by atoms with Gasteiger partial charge in [-0.25, -0.2) is 4.39 Å². The van der Waals surface area contributed by atoms with Gasteiger partial charge < -0.3 is 20.1 Å². The minimum atomic E-state index is -0.553. The number of pyridine rings is 1. The maximum absolute atomic E-state index is 13.6. The number of aromatic nitrogens is 1. The van der Waals surface area contributed by atoms with Crippen molar-refractivity contribution >= 4 is 45.5 Å². The fourth-order valence-electron chi connectivity index (χ4n) is 3.01. The standard InChI is InChI=1S/C23H21ClFN5O3/c1-32-13-27-7-3-4-22(31)30-20-9-16-19(10-21(20)33-2)28-12-14(11-26)23(16)29-15-5-6-18(25)17(24)8-15/h3-6,8-10,12,27H,7,13H2,1-2H3,(H,28,29)(H,30,31). The lowest BCUT2D eigenvalue weighted by atomic mass is 10.1. The molecule has 0 aliphatic carbocycles. The third-order valence-electron chi connectivity index (χ3n) is 4.53. The van der Waals surface area contributed by atoms with Gasteiger partial charge in [-0.05, 0) is 24.3 Å². The van der Waals surface area contributed by atoms with Crippen LogP contribution in [0.4, 0.5) is 21.5 Å². The average molecular weight is 470 g/mol. The molecule has 10 heteroatoms. The molecule has 0 saturated heterocycles. The number of nitriles is 1. The maximum atomic E-state index is 13.6. The van der Waals surface area contributed by atoms with Crippen LogP contribution in [0.15, 0.2) is 48.7 Å².